The van der Waals surface area contributed by atoms with Crippen molar-refractivity contribution in [3.05, 3.63) is 76.2 Å². The molecule has 0 atom stereocenters. The summed E-state index contributed by atoms with van der Waals surface area (Å²) in [4.78, 5) is 30.8. The van der Waals surface area contributed by atoms with Gasteiger partial charge in [0.2, 0.25) is 12.7 Å². The number of fused-ring (bicyclic) bond motifs is 1. The van der Waals surface area contributed by atoms with E-state index in [-0.39, 0.29) is 25.3 Å². The van der Waals surface area contributed by atoms with Crippen LogP contribution in [0.3, 0.4) is 0 Å². The SMILES string of the molecule is O=C(CN(C(=O)Nc1cccc(F)c1)C1CC1)N(Cc1ccc2c(c1)OCO2)Cc1cccs1. The minimum absolute atomic E-state index is 0.00615. The Balaban J connectivity index is 1.31. The number of anilines is 1. The predicted molar refractivity (Wildman–Crippen MR) is 126 cm³/mol. The molecule has 1 aliphatic carbocycles. The standard InChI is InChI=1S/C25H24FN3O4S/c26-18-3-1-4-19(12-18)27-25(31)29(20-7-8-20)15-24(30)28(14-21-5-2-10-34-21)13-17-6-9-22-23(11-17)33-16-32-22/h1-6,9-12,20H,7-8,13-16H2,(H,27,31). The van der Waals surface area contributed by atoms with Crippen molar-refractivity contribution in [1.29, 1.82) is 0 Å². The topological polar surface area (TPSA) is 71.1 Å². The predicted octanol–water partition coefficient (Wildman–Crippen LogP) is 4.84. The van der Waals surface area contributed by atoms with Crippen LogP contribution in [0.4, 0.5) is 14.9 Å². The van der Waals surface area contributed by atoms with E-state index in [4.69, 9.17) is 9.47 Å². The normalized spacial score (nSPS) is 14.0. The van der Waals surface area contributed by atoms with Crippen LogP contribution in [-0.2, 0) is 17.9 Å². The molecular weight excluding hydrogens is 457 g/mol. The fraction of sp³-hybridized carbons (Fsp3) is 0.280. The molecule has 1 N–H and O–H groups in total. The van der Waals surface area contributed by atoms with Gasteiger partial charge in [0, 0.05) is 23.2 Å². The lowest BCUT2D eigenvalue weighted by atomic mass is 10.2. The highest BCUT2D eigenvalue weighted by molar-refractivity contribution is 7.09. The fourth-order valence-corrected chi connectivity index (χ4v) is 4.56. The minimum Gasteiger partial charge on any atom is -0.454 e. The molecule has 34 heavy (non-hydrogen) atoms. The molecule has 176 valence electrons. The molecule has 0 spiro atoms. The molecule has 1 fully saturated rings. The number of urea groups is 1. The van der Waals surface area contributed by atoms with Gasteiger partial charge in [0.1, 0.15) is 12.4 Å². The van der Waals surface area contributed by atoms with Crippen LogP contribution in [0.25, 0.3) is 0 Å². The van der Waals surface area contributed by atoms with Crippen LogP contribution in [-0.4, -0.2) is 41.1 Å². The number of hydrogen-bond acceptors (Lipinski definition) is 5. The van der Waals surface area contributed by atoms with Gasteiger partial charge in [-0.3, -0.25) is 4.79 Å². The van der Waals surface area contributed by atoms with Crippen LogP contribution in [0.2, 0.25) is 0 Å². The lowest BCUT2D eigenvalue weighted by Crippen LogP contribution is -2.45. The van der Waals surface area contributed by atoms with Crippen molar-refractivity contribution >= 4 is 29.0 Å². The highest BCUT2D eigenvalue weighted by atomic mass is 32.1. The Morgan fingerprint density at radius 2 is 1.88 bits per heavy atom. The number of thiophene rings is 1. The van der Waals surface area contributed by atoms with Crippen molar-refractivity contribution in [3.8, 4) is 11.5 Å². The van der Waals surface area contributed by atoms with Crippen molar-refractivity contribution in [2.45, 2.75) is 32.0 Å². The number of carbonyl (C=O) groups excluding carboxylic acids is 2. The van der Waals surface area contributed by atoms with Gasteiger partial charge in [0.05, 0.1) is 6.54 Å². The summed E-state index contributed by atoms with van der Waals surface area (Å²) >= 11 is 1.58. The third-order valence-corrected chi connectivity index (χ3v) is 6.58. The maximum Gasteiger partial charge on any atom is 0.322 e. The summed E-state index contributed by atoms with van der Waals surface area (Å²) in [7, 11) is 0. The number of nitrogens with one attached hydrogen (secondary N) is 1. The minimum atomic E-state index is -0.433. The van der Waals surface area contributed by atoms with Gasteiger partial charge in [-0.2, -0.15) is 0 Å². The van der Waals surface area contributed by atoms with E-state index >= 15 is 0 Å². The van der Waals surface area contributed by atoms with E-state index in [0.29, 0.717) is 30.3 Å². The number of hydrogen-bond donors (Lipinski definition) is 1. The number of ether oxygens (including phenoxy) is 2. The molecule has 1 aromatic heterocycles. The average Bonchev–Trinajstić information content (AvgIpc) is 3.32. The number of benzene rings is 2. The van der Waals surface area contributed by atoms with Crippen LogP contribution < -0.4 is 14.8 Å². The zero-order valence-electron chi connectivity index (χ0n) is 18.4. The summed E-state index contributed by atoms with van der Waals surface area (Å²) in [5.74, 6) is 0.758. The number of amides is 3. The second-order valence-electron chi connectivity index (χ2n) is 8.32. The monoisotopic (exact) mass is 481 g/mol. The van der Waals surface area contributed by atoms with E-state index in [1.165, 1.54) is 18.2 Å². The van der Waals surface area contributed by atoms with E-state index in [1.807, 2.05) is 35.7 Å². The number of rotatable bonds is 8. The van der Waals surface area contributed by atoms with Gasteiger partial charge in [-0.1, -0.05) is 18.2 Å². The smallest absolute Gasteiger partial charge is 0.322 e. The summed E-state index contributed by atoms with van der Waals surface area (Å²) in [5, 5.41) is 4.69. The van der Waals surface area contributed by atoms with Crippen LogP contribution in [0.1, 0.15) is 23.3 Å². The zero-order valence-corrected chi connectivity index (χ0v) is 19.2. The lowest BCUT2D eigenvalue weighted by Gasteiger charge is -2.28. The van der Waals surface area contributed by atoms with E-state index in [2.05, 4.69) is 5.32 Å². The zero-order chi connectivity index (χ0) is 23.5. The van der Waals surface area contributed by atoms with Gasteiger partial charge in [0.25, 0.3) is 0 Å². The summed E-state index contributed by atoms with van der Waals surface area (Å²) in [6.07, 6.45) is 1.69. The molecule has 1 saturated carbocycles. The van der Waals surface area contributed by atoms with Crippen molar-refractivity contribution in [2.24, 2.45) is 0 Å². The molecule has 2 aromatic carbocycles. The Labute approximate surface area is 200 Å². The van der Waals surface area contributed by atoms with E-state index in [0.717, 1.165) is 23.3 Å². The molecule has 0 radical (unpaired) electrons. The van der Waals surface area contributed by atoms with Crippen LogP contribution in [0, 0.1) is 5.82 Å². The lowest BCUT2D eigenvalue weighted by molar-refractivity contribution is -0.133. The Morgan fingerprint density at radius 1 is 1.03 bits per heavy atom. The van der Waals surface area contributed by atoms with Gasteiger partial charge >= 0.3 is 6.03 Å². The Hall–Kier alpha value is -3.59. The molecule has 0 bridgehead atoms. The maximum absolute atomic E-state index is 13.5. The van der Waals surface area contributed by atoms with Crippen molar-refractivity contribution in [3.63, 3.8) is 0 Å². The molecule has 5 rings (SSSR count). The van der Waals surface area contributed by atoms with E-state index < -0.39 is 11.8 Å². The summed E-state index contributed by atoms with van der Waals surface area (Å²) < 4.78 is 24.4. The first-order chi connectivity index (χ1) is 16.5. The van der Waals surface area contributed by atoms with Gasteiger partial charge in [-0.15, -0.1) is 11.3 Å². The molecule has 2 heterocycles. The Bertz CT molecular complexity index is 1180. The van der Waals surface area contributed by atoms with Gasteiger partial charge in [-0.25, -0.2) is 9.18 Å². The molecule has 3 aromatic rings. The summed E-state index contributed by atoms with van der Waals surface area (Å²) in [6, 6.07) is 14.9. The van der Waals surface area contributed by atoms with Crippen LogP contribution in [0.15, 0.2) is 60.0 Å². The average molecular weight is 482 g/mol. The van der Waals surface area contributed by atoms with Crippen LogP contribution >= 0.6 is 11.3 Å². The number of halogens is 1. The molecule has 7 nitrogen and oxygen atoms in total. The molecule has 1 aliphatic heterocycles. The molecule has 0 saturated heterocycles. The summed E-state index contributed by atoms with van der Waals surface area (Å²) in [5.41, 5.74) is 1.27. The van der Waals surface area contributed by atoms with E-state index in [9.17, 15) is 14.0 Å². The molecule has 2 aliphatic rings. The van der Waals surface area contributed by atoms with Crippen molar-refractivity contribution in [2.75, 3.05) is 18.7 Å². The first-order valence-corrected chi connectivity index (χ1v) is 11.9. The molecular formula is C25H24FN3O4S. The second kappa shape index (κ2) is 9.72. The molecule has 9 heteroatoms. The first kappa shape index (κ1) is 22.2. The molecule has 0 unspecified atom stereocenters. The van der Waals surface area contributed by atoms with Crippen LogP contribution in [0.5, 0.6) is 11.5 Å². The maximum atomic E-state index is 13.5. The van der Waals surface area contributed by atoms with E-state index in [1.54, 1.807) is 27.2 Å². The largest absolute Gasteiger partial charge is 0.454 e. The third-order valence-electron chi connectivity index (χ3n) is 5.72. The third kappa shape index (κ3) is 5.31. The quantitative estimate of drug-likeness (QED) is 0.500. The van der Waals surface area contributed by atoms with Crippen molar-refractivity contribution in [1.82, 2.24) is 9.80 Å². The van der Waals surface area contributed by atoms with Gasteiger partial charge in [0.15, 0.2) is 11.5 Å². The summed E-state index contributed by atoms with van der Waals surface area (Å²) in [6.45, 7) is 0.946. The second-order valence-corrected chi connectivity index (χ2v) is 9.35. The first-order valence-electron chi connectivity index (χ1n) is 11.1. The van der Waals surface area contributed by atoms with Gasteiger partial charge < -0.3 is 24.6 Å². The fourth-order valence-electron chi connectivity index (χ4n) is 3.84. The highest BCUT2D eigenvalue weighted by Crippen LogP contribution is 2.33. The Kier molecular flexibility index (Phi) is 6.35. The number of carbonyl (C=O) groups is 2. The van der Waals surface area contributed by atoms with Crippen molar-refractivity contribution < 1.29 is 23.5 Å². The number of nitrogens with zero attached hydrogens (tertiary/aromatic N) is 2. The highest BCUT2D eigenvalue weighted by Gasteiger charge is 2.35. The van der Waals surface area contributed by atoms with Gasteiger partial charge in [-0.05, 0) is 60.2 Å². The Morgan fingerprint density at radius 3 is 2.65 bits per heavy atom. The molecule has 3 amide bonds.